The topological polar surface area (TPSA) is 12.0 Å². The van der Waals surface area contributed by atoms with Gasteiger partial charge in [-0.25, -0.2) is 0 Å². The molecule has 0 aromatic heterocycles. The van der Waals surface area contributed by atoms with Crippen molar-refractivity contribution in [1.82, 2.24) is 0 Å². The van der Waals surface area contributed by atoms with Crippen molar-refractivity contribution in [2.24, 2.45) is 0 Å². The summed E-state index contributed by atoms with van der Waals surface area (Å²) in [6.07, 6.45) is 12.2. The highest BCUT2D eigenvalue weighted by Gasteiger charge is 2.03. The molecule has 1 atom stereocenters. The molecule has 1 unspecified atom stereocenters. The van der Waals surface area contributed by atoms with E-state index in [9.17, 15) is 0 Å². The van der Waals surface area contributed by atoms with Gasteiger partial charge in [-0.1, -0.05) is 69.4 Å². The lowest BCUT2D eigenvalue weighted by atomic mass is 10.1. The van der Waals surface area contributed by atoms with Crippen molar-refractivity contribution in [3.63, 3.8) is 0 Å². The first-order chi connectivity index (χ1) is 9.26. The minimum absolute atomic E-state index is 0.472. The average Bonchev–Trinajstić information content (AvgIpc) is 2.43. The molecule has 0 bridgehead atoms. The molecule has 0 aliphatic heterocycles. The van der Waals surface area contributed by atoms with Crippen LogP contribution in [0.25, 0.3) is 0 Å². The van der Waals surface area contributed by atoms with Crippen LogP contribution in [0, 0.1) is 6.92 Å². The monoisotopic (exact) mass is 259 g/mol. The van der Waals surface area contributed by atoms with Gasteiger partial charge in [0.05, 0.1) is 0 Å². The van der Waals surface area contributed by atoms with Gasteiger partial charge in [-0.2, -0.15) is 0 Å². The van der Waals surface area contributed by atoms with E-state index in [4.69, 9.17) is 0 Å². The number of unbranched alkanes of at least 4 members (excludes halogenated alkanes) is 3. The summed E-state index contributed by atoms with van der Waals surface area (Å²) < 4.78 is 0. The lowest BCUT2D eigenvalue weighted by molar-refractivity contribution is 0.678. The molecule has 19 heavy (non-hydrogen) atoms. The van der Waals surface area contributed by atoms with Gasteiger partial charge >= 0.3 is 0 Å². The summed E-state index contributed by atoms with van der Waals surface area (Å²) >= 11 is 0. The molecule has 0 aliphatic carbocycles. The summed E-state index contributed by atoms with van der Waals surface area (Å²) in [5.74, 6) is 0. The van der Waals surface area contributed by atoms with Gasteiger partial charge in [-0.05, 0) is 31.9 Å². The quantitative estimate of drug-likeness (QED) is 0.442. The van der Waals surface area contributed by atoms with Crippen molar-refractivity contribution in [2.45, 2.75) is 65.3 Å². The molecule has 1 rings (SSSR count). The molecule has 0 spiro atoms. The van der Waals surface area contributed by atoms with Crippen LogP contribution in [-0.4, -0.2) is 6.04 Å². The first-order valence-corrected chi connectivity index (χ1v) is 7.76. The molecule has 0 saturated carbocycles. The number of hydrogen-bond donors (Lipinski definition) is 1. The first kappa shape index (κ1) is 15.8. The summed E-state index contributed by atoms with van der Waals surface area (Å²) in [7, 11) is 0. The molecular weight excluding hydrogens is 230 g/mol. The Morgan fingerprint density at radius 3 is 2.37 bits per heavy atom. The molecule has 0 aliphatic rings. The predicted molar refractivity (Wildman–Crippen MR) is 86.8 cm³/mol. The second-order valence-electron chi connectivity index (χ2n) is 5.33. The van der Waals surface area contributed by atoms with Crippen LogP contribution in [-0.2, 0) is 0 Å². The normalized spacial score (nSPS) is 12.8. The zero-order valence-electron chi connectivity index (χ0n) is 12.8. The minimum atomic E-state index is 0.472. The van der Waals surface area contributed by atoms with Crippen LogP contribution in [0.5, 0.6) is 0 Å². The second-order valence-corrected chi connectivity index (χ2v) is 5.33. The summed E-state index contributed by atoms with van der Waals surface area (Å²) in [6, 6.07) is 9.15. The first-order valence-electron chi connectivity index (χ1n) is 7.76. The summed E-state index contributed by atoms with van der Waals surface area (Å²) in [6.45, 7) is 6.62. The maximum absolute atomic E-state index is 3.63. The molecule has 0 heterocycles. The number of nitrogens with one attached hydrogen (secondary N) is 1. The van der Waals surface area contributed by atoms with Gasteiger partial charge in [0.25, 0.3) is 0 Å². The van der Waals surface area contributed by atoms with E-state index in [2.05, 4.69) is 62.5 Å². The number of hydrogen-bond acceptors (Lipinski definition) is 1. The highest BCUT2D eigenvalue weighted by atomic mass is 14.9. The number of aryl methyl sites for hydroxylation is 1. The number of benzene rings is 1. The van der Waals surface area contributed by atoms with E-state index in [0.29, 0.717) is 6.04 Å². The third-order valence-electron chi connectivity index (χ3n) is 3.37. The Kier molecular flexibility index (Phi) is 8.04. The van der Waals surface area contributed by atoms with Crippen LogP contribution in [0.1, 0.15) is 57.9 Å². The van der Waals surface area contributed by atoms with Crippen molar-refractivity contribution in [1.29, 1.82) is 0 Å². The molecule has 1 nitrogen and oxygen atoms in total. The summed E-state index contributed by atoms with van der Waals surface area (Å²) in [5.41, 5.74) is 2.54. The minimum Gasteiger partial charge on any atom is -0.379 e. The van der Waals surface area contributed by atoms with Gasteiger partial charge in [0.2, 0.25) is 0 Å². The highest BCUT2D eigenvalue weighted by molar-refractivity contribution is 5.46. The maximum atomic E-state index is 3.63. The number of anilines is 1. The lowest BCUT2D eigenvalue weighted by Gasteiger charge is -2.16. The second kappa shape index (κ2) is 9.66. The SMILES string of the molecule is CCCCC=CC(CCCC)Nc1ccc(C)cc1. The Labute approximate surface area is 119 Å². The van der Waals surface area contributed by atoms with Gasteiger partial charge in [-0.15, -0.1) is 0 Å². The molecule has 1 N–H and O–H groups in total. The van der Waals surface area contributed by atoms with Crippen LogP contribution in [0.4, 0.5) is 5.69 Å². The Morgan fingerprint density at radius 1 is 1.05 bits per heavy atom. The Balaban J connectivity index is 2.52. The molecule has 1 aromatic rings. The van der Waals surface area contributed by atoms with Crippen molar-refractivity contribution >= 4 is 5.69 Å². The van der Waals surface area contributed by atoms with Crippen LogP contribution >= 0.6 is 0 Å². The fraction of sp³-hybridized carbons (Fsp3) is 0.556. The third kappa shape index (κ3) is 7.05. The fourth-order valence-corrected chi connectivity index (χ4v) is 2.09. The Morgan fingerprint density at radius 2 is 1.74 bits per heavy atom. The smallest absolute Gasteiger partial charge is 0.0444 e. The predicted octanol–water partition coefficient (Wildman–Crippen LogP) is 5.71. The molecular formula is C18H29N. The highest BCUT2D eigenvalue weighted by Crippen LogP contribution is 2.14. The molecule has 0 radical (unpaired) electrons. The van der Waals surface area contributed by atoms with E-state index in [1.54, 1.807) is 0 Å². The van der Waals surface area contributed by atoms with E-state index in [1.165, 1.54) is 49.8 Å². The van der Waals surface area contributed by atoms with E-state index in [0.717, 1.165) is 0 Å². The van der Waals surface area contributed by atoms with Crippen LogP contribution in [0.3, 0.4) is 0 Å². The van der Waals surface area contributed by atoms with Crippen molar-refractivity contribution in [3.8, 4) is 0 Å². The van der Waals surface area contributed by atoms with Crippen LogP contribution in [0.2, 0.25) is 0 Å². The Bertz CT molecular complexity index is 350. The van der Waals surface area contributed by atoms with E-state index in [-0.39, 0.29) is 0 Å². The fourth-order valence-electron chi connectivity index (χ4n) is 2.09. The Hall–Kier alpha value is -1.24. The van der Waals surface area contributed by atoms with Crippen molar-refractivity contribution in [3.05, 3.63) is 42.0 Å². The van der Waals surface area contributed by atoms with Crippen LogP contribution < -0.4 is 5.32 Å². The van der Waals surface area contributed by atoms with E-state index < -0.39 is 0 Å². The molecule has 0 saturated heterocycles. The van der Waals surface area contributed by atoms with Crippen molar-refractivity contribution in [2.75, 3.05) is 5.32 Å². The molecule has 0 fully saturated rings. The van der Waals surface area contributed by atoms with E-state index >= 15 is 0 Å². The third-order valence-corrected chi connectivity index (χ3v) is 3.37. The van der Waals surface area contributed by atoms with Crippen LogP contribution in [0.15, 0.2) is 36.4 Å². The van der Waals surface area contributed by atoms with Gasteiger partial charge in [0.1, 0.15) is 0 Å². The van der Waals surface area contributed by atoms with Gasteiger partial charge < -0.3 is 5.32 Å². The number of allylic oxidation sites excluding steroid dienone is 1. The lowest BCUT2D eigenvalue weighted by Crippen LogP contribution is -2.16. The largest absolute Gasteiger partial charge is 0.379 e. The molecule has 1 heteroatoms. The maximum Gasteiger partial charge on any atom is 0.0444 e. The van der Waals surface area contributed by atoms with Crippen molar-refractivity contribution < 1.29 is 0 Å². The molecule has 1 aromatic carbocycles. The number of rotatable bonds is 9. The van der Waals surface area contributed by atoms with Gasteiger partial charge in [-0.3, -0.25) is 0 Å². The molecule has 0 amide bonds. The average molecular weight is 259 g/mol. The standard InChI is InChI=1S/C18H29N/c1-4-6-8-9-11-17(10-7-5-2)19-18-14-12-16(3)13-15-18/h9,11-15,17,19H,4-8,10H2,1-3H3. The van der Waals surface area contributed by atoms with Gasteiger partial charge in [0.15, 0.2) is 0 Å². The zero-order chi connectivity index (χ0) is 13.9. The van der Waals surface area contributed by atoms with E-state index in [1.807, 2.05) is 0 Å². The summed E-state index contributed by atoms with van der Waals surface area (Å²) in [4.78, 5) is 0. The summed E-state index contributed by atoms with van der Waals surface area (Å²) in [5, 5.41) is 3.63. The van der Waals surface area contributed by atoms with Gasteiger partial charge in [0, 0.05) is 11.7 Å². The zero-order valence-corrected chi connectivity index (χ0v) is 12.8. The molecule has 106 valence electrons.